The summed E-state index contributed by atoms with van der Waals surface area (Å²) in [6.07, 6.45) is -0.307. The van der Waals surface area contributed by atoms with Crippen molar-refractivity contribution in [2.24, 2.45) is 4.99 Å². The van der Waals surface area contributed by atoms with E-state index in [2.05, 4.69) is 16.4 Å². The van der Waals surface area contributed by atoms with Crippen LogP contribution in [0.15, 0.2) is 40.9 Å². The molecule has 4 nitrogen and oxygen atoms in total. The zero-order valence-corrected chi connectivity index (χ0v) is 17.3. The van der Waals surface area contributed by atoms with Crippen molar-refractivity contribution in [3.05, 3.63) is 47.0 Å². The number of halogens is 4. The Morgan fingerprint density at radius 3 is 2.50 bits per heavy atom. The van der Waals surface area contributed by atoms with Crippen molar-refractivity contribution in [3.63, 3.8) is 0 Å². The maximum absolute atomic E-state index is 12.6. The van der Waals surface area contributed by atoms with Crippen LogP contribution in [-0.4, -0.2) is 44.7 Å². The minimum Gasteiger partial charge on any atom is -0.377 e. The highest BCUT2D eigenvalue weighted by atomic mass is 127. The molecule has 0 amide bonds. The number of nitrogens with zero attached hydrogens (tertiary/aromatic N) is 2. The molecular formula is C18H25F3IN3O. The molecule has 8 heteroatoms. The lowest BCUT2D eigenvalue weighted by molar-refractivity contribution is -0.137. The second-order valence-electron chi connectivity index (χ2n) is 5.96. The number of nitrogens with one attached hydrogen (secondary N) is 1. The van der Waals surface area contributed by atoms with Crippen LogP contribution in [0.3, 0.4) is 0 Å². The molecule has 1 aliphatic heterocycles. The molecule has 0 saturated carbocycles. The van der Waals surface area contributed by atoms with Crippen LogP contribution < -0.4 is 5.32 Å². The topological polar surface area (TPSA) is 36.9 Å². The molecular weight excluding hydrogens is 458 g/mol. The van der Waals surface area contributed by atoms with Crippen LogP contribution in [0, 0.1) is 0 Å². The molecule has 0 fully saturated rings. The fraction of sp³-hybridized carbons (Fsp3) is 0.500. The highest BCUT2D eigenvalue weighted by molar-refractivity contribution is 14.0. The van der Waals surface area contributed by atoms with Gasteiger partial charge in [-0.05, 0) is 30.5 Å². The second-order valence-corrected chi connectivity index (χ2v) is 5.96. The molecule has 1 aromatic rings. The SMILES string of the molecule is CN=C(NCCC1=CCOCC1)N(C)Cc1ccc(C(F)(F)F)cc1.I. The fourth-order valence-electron chi connectivity index (χ4n) is 2.66. The lowest BCUT2D eigenvalue weighted by Gasteiger charge is -2.23. The van der Waals surface area contributed by atoms with Crippen LogP contribution in [-0.2, 0) is 17.5 Å². The fourth-order valence-corrected chi connectivity index (χ4v) is 2.66. The van der Waals surface area contributed by atoms with Gasteiger partial charge in [-0.25, -0.2) is 0 Å². The van der Waals surface area contributed by atoms with E-state index in [4.69, 9.17) is 4.74 Å². The van der Waals surface area contributed by atoms with E-state index in [9.17, 15) is 13.2 Å². The highest BCUT2D eigenvalue weighted by Crippen LogP contribution is 2.29. The molecule has 0 spiro atoms. The quantitative estimate of drug-likeness (QED) is 0.297. The summed E-state index contributed by atoms with van der Waals surface area (Å²) in [5.41, 5.74) is 1.54. The number of benzene rings is 1. The Morgan fingerprint density at radius 1 is 1.27 bits per heavy atom. The van der Waals surface area contributed by atoms with Crippen LogP contribution in [0.5, 0.6) is 0 Å². The van der Waals surface area contributed by atoms with Gasteiger partial charge in [-0.3, -0.25) is 4.99 Å². The van der Waals surface area contributed by atoms with Gasteiger partial charge >= 0.3 is 6.18 Å². The van der Waals surface area contributed by atoms with Gasteiger partial charge in [0.2, 0.25) is 0 Å². The van der Waals surface area contributed by atoms with Crippen molar-refractivity contribution >= 4 is 29.9 Å². The van der Waals surface area contributed by atoms with E-state index < -0.39 is 11.7 Å². The summed E-state index contributed by atoms with van der Waals surface area (Å²) in [6.45, 7) is 2.69. The summed E-state index contributed by atoms with van der Waals surface area (Å²) in [5.74, 6) is 0.715. The predicted octanol–water partition coefficient (Wildman–Crippen LogP) is 4.07. The number of rotatable bonds is 5. The largest absolute Gasteiger partial charge is 0.416 e. The Balaban J connectivity index is 0.00000338. The van der Waals surface area contributed by atoms with Crippen molar-refractivity contribution in [1.82, 2.24) is 10.2 Å². The third kappa shape index (κ3) is 7.14. The molecule has 0 saturated heterocycles. The Kier molecular flexibility index (Phi) is 9.42. The number of hydrogen-bond acceptors (Lipinski definition) is 2. The maximum atomic E-state index is 12.6. The smallest absolute Gasteiger partial charge is 0.377 e. The Labute approximate surface area is 169 Å². The molecule has 0 aliphatic carbocycles. The van der Waals surface area contributed by atoms with Gasteiger partial charge in [0.25, 0.3) is 0 Å². The van der Waals surface area contributed by atoms with E-state index in [-0.39, 0.29) is 24.0 Å². The van der Waals surface area contributed by atoms with Gasteiger partial charge in [-0.1, -0.05) is 23.8 Å². The molecule has 146 valence electrons. The van der Waals surface area contributed by atoms with Crippen molar-refractivity contribution in [2.75, 3.05) is 33.9 Å². The van der Waals surface area contributed by atoms with E-state index in [1.165, 1.54) is 17.7 Å². The molecule has 1 N–H and O–H groups in total. The van der Waals surface area contributed by atoms with Gasteiger partial charge in [0.15, 0.2) is 5.96 Å². The van der Waals surface area contributed by atoms with E-state index in [0.29, 0.717) is 19.1 Å². The average molecular weight is 483 g/mol. The van der Waals surface area contributed by atoms with Gasteiger partial charge in [0, 0.05) is 27.2 Å². The van der Waals surface area contributed by atoms with Crippen LogP contribution in [0.25, 0.3) is 0 Å². The van der Waals surface area contributed by atoms with Crippen molar-refractivity contribution < 1.29 is 17.9 Å². The van der Waals surface area contributed by atoms with Gasteiger partial charge in [-0.15, -0.1) is 24.0 Å². The summed E-state index contributed by atoms with van der Waals surface area (Å²) in [5, 5.41) is 3.29. The Hall–Kier alpha value is -1.29. The van der Waals surface area contributed by atoms with Gasteiger partial charge in [0.05, 0.1) is 18.8 Å². The first-order chi connectivity index (χ1) is 11.9. The minimum absolute atomic E-state index is 0. The zero-order chi connectivity index (χ0) is 18.3. The number of alkyl halides is 3. The monoisotopic (exact) mass is 483 g/mol. The number of guanidine groups is 1. The van der Waals surface area contributed by atoms with Crippen LogP contribution in [0.4, 0.5) is 13.2 Å². The van der Waals surface area contributed by atoms with Crippen LogP contribution >= 0.6 is 24.0 Å². The normalized spacial score (nSPS) is 15.1. The summed E-state index contributed by atoms with van der Waals surface area (Å²) < 4.78 is 43.1. The van der Waals surface area contributed by atoms with Crippen LogP contribution in [0.2, 0.25) is 0 Å². The predicted molar refractivity (Wildman–Crippen MR) is 108 cm³/mol. The molecule has 1 aliphatic rings. The lowest BCUT2D eigenvalue weighted by Crippen LogP contribution is -2.39. The first-order valence-electron chi connectivity index (χ1n) is 8.23. The average Bonchev–Trinajstić information content (AvgIpc) is 2.59. The minimum atomic E-state index is -4.30. The van der Waals surface area contributed by atoms with Crippen molar-refractivity contribution in [3.8, 4) is 0 Å². The van der Waals surface area contributed by atoms with Crippen molar-refractivity contribution in [2.45, 2.75) is 25.6 Å². The first-order valence-corrected chi connectivity index (χ1v) is 8.23. The standard InChI is InChI=1S/C18H24F3N3O.HI/c1-22-17(23-10-7-14-8-11-25-12-9-14)24(2)13-15-3-5-16(6-4-15)18(19,20)21;/h3-6,8H,7,9-13H2,1-2H3,(H,22,23);1H. The molecule has 0 atom stereocenters. The summed E-state index contributed by atoms with van der Waals surface area (Å²) in [4.78, 5) is 6.12. The summed E-state index contributed by atoms with van der Waals surface area (Å²) in [7, 11) is 3.56. The molecule has 0 bridgehead atoms. The van der Waals surface area contributed by atoms with E-state index in [0.717, 1.165) is 43.7 Å². The molecule has 0 radical (unpaired) electrons. The van der Waals surface area contributed by atoms with E-state index in [1.807, 2.05) is 11.9 Å². The summed E-state index contributed by atoms with van der Waals surface area (Å²) in [6, 6.07) is 5.22. The lowest BCUT2D eigenvalue weighted by atomic mass is 10.1. The highest BCUT2D eigenvalue weighted by Gasteiger charge is 2.29. The van der Waals surface area contributed by atoms with Crippen LogP contribution in [0.1, 0.15) is 24.0 Å². The zero-order valence-electron chi connectivity index (χ0n) is 15.0. The third-order valence-corrected chi connectivity index (χ3v) is 4.06. The number of aliphatic imine (C=N–C) groups is 1. The Morgan fingerprint density at radius 2 is 1.96 bits per heavy atom. The number of hydrogen-bond donors (Lipinski definition) is 1. The molecule has 1 aromatic carbocycles. The van der Waals surface area contributed by atoms with Gasteiger partial charge < -0.3 is 15.0 Å². The van der Waals surface area contributed by atoms with E-state index >= 15 is 0 Å². The van der Waals surface area contributed by atoms with Crippen molar-refractivity contribution in [1.29, 1.82) is 0 Å². The summed E-state index contributed by atoms with van der Waals surface area (Å²) >= 11 is 0. The van der Waals surface area contributed by atoms with Gasteiger partial charge in [0.1, 0.15) is 0 Å². The molecule has 0 unspecified atom stereocenters. The second kappa shape index (κ2) is 10.8. The molecule has 1 heterocycles. The Bertz CT molecular complexity index is 615. The first kappa shape index (κ1) is 22.8. The molecule has 0 aromatic heterocycles. The third-order valence-electron chi connectivity index (χ3n) is 4.06. The van der Waals surface area contributed by atoms with E-state index in [1.54, 1.807) is 7.05 Å². The maximum Gasteiger partial charge on any atom is 0.416 e. The van der Waals surface area contributed by atoms with Gasteiger partial charge in [-0.2, -0.15) is 13.2 Å². The molecule has 2 rings (SSSR count). The molecule has 26 heavy (non-hydrogen) atoms. The number of ether oxygens (including phenoxy) is 1.